The molecule has 2 unspecified atom stereocenters. The molecule has 0 fully saturated rings. The molecule has 242 valence electrons. The average Bonchev–Trinajstić information content (AvgIpc) is 3.24. The maximum Gasteiger partial charge on any atom is 0.0181 e. The van der Waals surface area contributed by atoms with Gasteiger partial charge in [0.05, 0.1) is 0 Å². The van der Waals surface area contributed by atoms with Crippen molar-refractivity contribution in [1.29, 1.82) is 0 Å². The molecule has 2 atom stereocenters. The van der Waals surface area contributed by atoms with Crippen molar-refractivity contribution in [2.24, 2.45) is 16.7 Å². The van der Waals surface area contributed by atoms with Gasteiger partial charge in [0, 0.05) is 10.8 Å². The second-order valence-electron chi connectivity index (χ2n) is 17.7. The van der Waals surface area contributed by atoms with Crippen LogP contribution in [0.3, 0.4) is 0 Å². The molecule has 0 amide bonds. The molecule has 0 aromatic heterocycles. The molecule has 0 heterocycles. The van der Waals surface area contributed by atoms with Crippen molar-refractivity contribution in [2.45, 2.75) is 85.5 Å². The van der Waals surface area contributed by atoms with Gasteiger partial charge in [0.1, 0.15) is 0 Å². The fourth-order valence-electron chi connectivity index (χ4n) is 9.16. The van der Waals surface area contributed by atoms with E-state index in [4.69, 9.17) is 0 Å². The molecule has 0 heteroatoms. The molecule has 0 spiro atoms. The first-order chi connectivity index (χ1) is 22.5. The van der Waals surface area contributed by atoms with Crippen LogP contribution in [0.15, 0.2) is 121 Å². The normalized spacial score (nSPS) is 20.8. The summed E-state index contributed by atoms with van der Waals surface area (Å²) in [5, 5.41) is 8.02. The van der Waals surface area contributed by atoms with Gasteiger partial charge in [0.25, 0.3) is 0 Å². The third-order valence-electron chi connectivity index (χ3n) is 13.4. The highest BCUT2D eigenvalue weighted by Crippen LogP contribution is 2.59. The van der Waals surface area contributed by atoms with Crippen molar-refractivity contribution in [3.05, 3.63) is 143 Å². The monoisotopic (exact) mass is 626 g/mol. The van der Waals surface area contributed by atoms with Gasteiger partial charge in [-0.05, 0) is 93.4 Å². The molecule has 0 saturated carbocycles. The van der Waals surface area contributed by atoms with Gasteiger partial charge < -0.3 is 0 Å². The summed E-state index contributed by atoms with van der Waals surface area (Å²) in [5.74, 6) is 0.421. The first-order valence-corrected chi connectivity index (χ1v) is 17.9. The Kier molecular flexibility index (Phi) is 6.45. The minimum Gasteiger partial charge on any atom is -0.0756 e. The Morgan fingerprint density at radius 2 is 1.19 bits per heavy atom. The van der Waals surface area contributed by atoms with Crippen LogP contribution < -0.4 is 0 Å². The van der Waals surface area contributed by atoms with E-state index in [1.807, 2.05) is 0 Å². The second-order valence-corrected chi connectivity index (χ2v) is 17.7. The fourth-order valence-corrected chi connectivity index (χ4v) is 9.16. The van der Waals surface area contributed by atoms with E-state index in [1.54, 1.807) is 0 Å². The summed E-state index contributed by atoms with van der Waals surface area (Å²) in [6.07, 6.45) is 7.59. The highest BCUT2D eigenvalue weighted by atomic mass is 14.6. The van der Waals surface area contributed by atoms with Gasteiger partial charge in [-0.25, -0.2) is 0 Å². The highest BCUT2D eigenvalue weighted by Gasteiger charge is 2.53. The van der Waals surface area contributed by atoms with Crippen LogP contribution in [0.2, 0.25) is 0 Å². The van der Waals surface area contributed by atoms with E-state index in [1.165, 1.54) is 71.3 Å². The summed E-state index contributed by atoms with van der Waals surface area (Å²) in [5.41, 5.74) is 9.93. The molecule has 0 N–H and O–H groups in total. The Morgan fingerprint density at radius 3 is 1.85 bits per heavy atom. The number of benzene rings is 6. The second kappa shape index (κ2) is 9.94. The van der Waals surface area contributed by atoms with E-state index in [9.17, 15) is 0 Å². The van der Waals surface area contributed by atoms with Crippen molar-refractivity contribution in [2.75, 3.05) is 0 Å². The highest BCUT2D eigenvalue weighted by molar-refractivity contribution is 6.25. The lowest BCUT2D eigenvalue weighted by Gasteiger charge is -2.45. The molecule has 48 heavy (non-hydrogen) atoms. The Hall–Kier alpha value is -4.16. The lowest BCUT2D eigenvalue weighted by molar-refractivity contribution is 0.177. The zero-order valence-corrected chi connectivity index (χ0v) is 30.5. The van der Waals surface area contributed by atoms with Gasteiger partial charge >= 0.3 is 0 Å². The van der Waals surface area contributed by atoms with Crippen molar-refractivity contribution in [3.63, 3.8) is 0 Å². The maximum absolute atomic E-state index is 2.63. The number of hydrogen-bond acceptors (Lipinski definition) is 0. The molecule has 2 aliphatic carbocycles. The van der Waals surface area contributed by atoms with Crippen LogP contribution in [0.5, 0.6) is 0 Å². The van der Waals surface area contributed by atoms with Crippen LogP contribution in [-0.2, 0) is 16.2 Å². The molecule has 0 saturated heterocycles. The van der Waals surface area contributed by atoms with E-state index in [0.29, 0.717) is 5.92 Å². The molecule has 0 nitrogen and oxygen atoms in total. The minimum absolute atomic E-state index is 0.00129. The van der Waals surface area contributed by atoms with E-state index in [-0.39, 0.29) is 27.1 Å². The third-order valence-corrected chi connectivity index (χ3v) is 13.4. The largest absolute Gasteiger partial charge is 0.0756 e. The lowest BCUT2D eigenvalue weighted by atomic mass is 9.59. The third kappa shape index (κ3) is 4.20. The zero-order valence-electron chi connectivity index (χ0n) is 30.5. The summed E-state index contributed by atoms with van der Waals surface area (Å²) in [7, 11) is 0. The molecule has 2 aliphatic rings. The summed E-state index contributed by atoms with van der Waals surface area (Å²) >= 11 is 0. The predicted molar refractivity (Wildman–Crippen MR) is 208 cm³/mol. The average molecular weight is 627 g/mol. The van der Waals surface area contributed by atoms with Gasteiger partial charge in [-0.2, -0.15) is 0 Å². The minimum atomic E-state index is -0.133. The van der Waals surface area contributed by atoms with Crippen molar-refractivity contribution in [3.8, 4) is 11.1 Å². The standard InChI is InChI=1S/C48H50/c1-44(2,3)47(8,9)36-26-27-48(10)39-25-22-35(28-40(39)46(6,7)41(48)29-36)45(4,5)34-20-16-30(17-21-34)37-23-18-33-15-14-31-12-11-13-32-19-24-38(37)43(33)42(31)32/h11-29,41H,1-10H3. The Bertz CT molecular complexity index is 2280. The van der Waals surface area contributed by atoms with Gasteiger partial charge in [-0.1, -0.05) is 185 Å². The zero-order chi connectivity index (χ0) is 34.0. The molecule has 0 radical (unpaired) electrons. The number of fused-ring (bicyclic) bond motifs is 3. The quantitative estimate of drug-likeness (QED) is 0.171. The van der Waals surface area contributed by atoms with Gasteiger partial charge in [-0.3, -0.25) is 0 Å². The molecular weight excluding hydrogens is 577 g/mol. The summed E-state index contributed by atoms with van der Waals surface area (Å²) in [4.78, 5) is 0. The molecule has 8 rings (SSSR count). The van der Waals surface area contributed by atoms with Crippen LogP contribution in [0.25, 0.3) is 43.4 Å². The van der Waals surface area contributed by atoms with E-state index < -0.39 is 0 Å². The summed E-state index contributed by atoms with van der Waals surface area (Å²) in [6.45, 7) is 24.1. The van der Waals surface area contributed by atoms with E-state index >= 15 is 0 Å². The maximum atomic E-state index is 2.63. The van der Waals surface area contributed by atoms with Gasteiger partial charge in [-0.15, -0.1) is 0 Å². The number of hydrogen-bond donors (Lipinski definition) is 0. The van der Waals surface area contributed by atoms with Crippen molar-refractivity contribution < 1.29 is 0 Å². The van der Waals surface area contributed by atoms with Crippen molar-refractivity contribution >= 4 is 32.3 Å². The first kappa shape index (κ1) is 31.1. The lowest BCUT2D eigenvalue weighted by Crippen LogP contribution is -2.38. The first-order valence-electron chi connectivity index (χ1n) is 17.9. The van der Waals surface area contributed by atoms with Crippen molar-refractivity contribution in [1.82, 2.24) is 0 Å². The van der Waals surface area contributed by atoms with Gasteiger partial charge in [0.15, 0.2) is 0 Å². The topological polar surface area (TPSA) is 0 Å². The van der Waals surface area contributed by atoms with Crippen LogP contribution in [0.4, 0.5) is 0 Å². The van der Waals surface area contributed by atoms with Crippen LogP contribution in [0, 0.1) is 16.7 Å². The molecule has 0 bridgehead atoms. The Labute approximate surface area is 287 Å². The summed E-state index contributed by atoms with van der Waals surface area (Å²) < 4.78 is 0. The predicted octanol–water partition coefficient (Wildman–Crippen LogP) is 13.3. The molecular formula is C48H50. The number of allylic oxidation sites excluding steroid dienone is 4. The molecule has 0 aliphatic heterocycles. The number of rotatable bonds is 4. The smallest absolute Gasteiger partial charge is 0.0181 e. The van der Waals surface area contributed by atoms with Crippen LogP contribution >= 0.6 is 0 Å². The fraction of sp³-hybridized carbons (Fsp3) is 0.333. The Balaban J connectivity index is 1.16. The van der Waals surface area contributed by atoms with Crippen LogP contribution in [0.1, 0.15) is 91.5 Å². The molecule has 6 aromatic carbocycles. The summed E-state index contributed by atoms with van der Waals surface area (Å²) in [6, 6.07) is 37.2. The van der Waals surface area contributed by atoms with E-state index in [0.717, 1.165) is 0 Å². The van der Waals surface area contributed by atoms with Gasteiger partial charge in [0.2, 0.25) is 0 Å². The molecule has 6 aromatic rings. The Morgan fingerprint density at radius 1 is 0.583 bits per heavy atom. The van der Waals surface area contributed by atoms with Crippen LogP contribution in [-0.4, -0.2) is 0 Å². The van der Waals surface area contributed by atoms with E-state index in [2.05, 4.69) is 185 Å². The SMILES string of the molecule is CC(C)(c1ccc(-c2ccc3ccc4cccc5ccc2c3c45)cc1)c1ccc2c(c1)C(C)(C)C1C=C(C(C)(C)C(C)(C)C)C=CC21C.